The zero-order valence-electron chi connectivity index (χ0n) is 18.6. The van der Waals surface area contributed by atoms with Crippen LogP contribution in [0.25, 0.3) is 0 Å². The summed E-state index contributed by atoms with van der Waals surface area (Å²) in [4.78, 5) is 11.8. The van der Waals surface area contributed by atoms with Gasteiger partial charge in [-0.3, -0.25) is 8.98 Å². The zero-order valence-corrected chi connectivity index (χ0v) is 20.4. The standard InChI is InChI=1S/C19H39NO4S.Na.H/c1-4-6-7-8-9-10-11-12-13-14-15-16-17-18-19(21)20(3)25(22,23)24-5-2;;/h4-18H2,1-3H3;;/q;+1;-1. The quantitative estimate of drug-likeness (QED) is 0.277. The number of amides is 1. The van der Waals surface area contributed by atoms with Crippen LogP contribution < -0.4 is 29.6 Å². The third kappa shape index (κ3) is 15.4. The van der Waals surface area contributed by atoms with Gasteiger partial charge in [-0.05, 0) is 13.3 Å². The molecule has 26 heavy (non-hydrogen) atoms. The van der Waals surface area contributed by atoms with Gasteiger partial charge in [-0.25, -0.2) is 4.31 Å². The van der Waals surface area contributed by atoms with Gasteiger partial charge in [-0.2, -0.15) is 8.42 Å². The summed E-state index contributed by atoms with van der Waals surface area (Å²) in [5, 5.41) is 0. The molecular weight excluding hydrogens is 361 g/mol. The average Bonchev–Trinajstić information content (AvgIpc) is 2.58. The van der Waals surface area contributed by atoms with E-state index in [1.807, 2.05) is 0 Å². The van der Waals surface area contributed by atoms with Crippen molar-refractivity contribution in [2.45, 2.75) is 104 Å². The van der Waals surface area contributed by atoms with Crippen LogP contribution in [0.15, 0.2) is 0 Å². The van der Waals surface area contributed by atoms with Gasteiger partial charge in [0.15, 0.2) is 0 Å². The molecule has 5 nitrogen and oxygen atoms in total. The number of carbonyl (C=O) groups is 1. The van der Waals surface area contributed by atoms with Gasteiger partial charge in [0.05, 0.1) is 6.61 Å². The molecule has 0 aliphatic heterocycles. The predicted molar refractivity (Wildman–Crippen MR) is 105 cm³/mol. The maximum atomic E-state index is 11.8. The maximum Gasteiger partial charge on any atom is 1.00 e. The summed E-state index contributed by atoms with van der Waals surface area (Å²) < 4.78 is 28.5. The largest absolute Gasteiger partial charge is 1.00 e. The Kier molecular flexibility index (Phi) is 20.6. The average molecular weight is 402 g/mol. The molecule has 0 unspecified atom stereocenters. The Hall–Kier alpha value is 0.380. The van der Waals surface area contributed by atoms with Gasteiger partial charge >= 0.3 is 39.9 Å². The molecule has 0 heterocycles. The van der Waals surface area contributed by atoms with Crippen LogP contribution in [0.2, 0.25) is 0 Å². The fraction of sp³-hybridized carbons (Fsp3) is 0.947. The Labute approximate surface area is 185 Å². The van der Waals surface area contributed by atoms with Crippen LogP contribution in [-0.4, -0.2) is 32.3 Å². The van der Waals surface area contributed by atoms with Gasteiger partial charge in [0.2, 0.25) is 5.91 Å². The number of carbonyl (C=O) groups excluding carboxylic acids is 1. The van der Waals surface area contributed by atoms with Gasteiger partial charge in [-0.15, -0.1) is 0 Å². The molecule has 152 valence electrons. The molecule has 7 heteroatoms. The Morgan fingerprint density at radius 1 is 0.808 bits per heavy atom. The Morgan fingerprint density at radius 3 is 1.58 bits per heavy atom. The van der Waals surface area contributed by atoms with Crippen molar-refractivity contribution in [3.63, 3.8) is 0 Å². The summed E-state index contributed by atoms with van der Waals surface area (Å²) in [5.74, 6) is -0.392. The molecule has 0 spiro atoms. The van der Waals surface area contributed by atoms with E-state index < -0.39 is 16.2 Å². The van der Waals surface area contributed by atoms with Crippen LogP contribution in [0, 0.1) is 0 Å². The second-order valence-electron chi connectivity index (χ2n) is 6.72. The molecule has 1 amide bonds. The molecule has 0 aliphatic carbocycles. The first-order chi connectivity index (χ1) is 12.0. The molecular formula is C19H40NNaO4S. The monoisotopic (exact) mass is 401 g/mol. The smallest absolute Gasteiger partial charge is 1.00 e. The first kappa shape index (κ1) is 28.6. The number of unbranched alkanes of at least 4 members (excludes halogenated alkanes) is 12. The number of nitrogens with zero attached hydrogens (tertiary/aromatic N) is 1. The first-order valence-electron chi connectivity index (χ1n) is 10.1. The normalized spacial score (nSPS) is 11.2. The van der Waals surface area contributed by atoms with Crippen molar-refractivity contribution < 1.29 is 48.4 Å². The third-order valence-electron chi connectivity index (χ3n) is 4.45. The molecule has 0 aromatic rings. The third-order valence-corrected chi connectivity index (χ3v) is 5.86. The van der Waals surface area contributed by atoms with Crippen LogP contribution in [0.4, 0.5) is 0 Å². The van der Waals surface area contributed by atoms with Crippen LogP contribution in [0.5, 0.6) is 0 Å². The number of hydrogen-bond acceptors (Lipinski definition) is 4. The van der Waals surface area contributed by atoms with Gasteiger partial charge < -0.3 is 1.43 Å². The first-order valence-corrected chi connectivity index (χ1v) is 11.5. The Morgan fingerprint density at radius 2 is 1.19 bits per heavy atom. The SMILES string of the molecule is CCCCCCCCCCCCCCCC(=O)N(C)S(=O)(=O)OCC.[H-].[Na+]. The van der Waals surface area contributed by atoms with Crippen molar-refractivity contribution in [2.75, 3.05) is 13.7 Å². The summed E-state index contributed by atoms with van der Waals surface area (Å²) in [6.07, 6.45) is 16.4. The van der Waals surface area contributed by atoms with Crippen LogP contribution in [-0.2, 0) is 19.3 Å². The minimum Gasteiger partial charge on any atom is -1.00 e. The zero-order chi connectivity index (χ0) is 19.0. The van der Waals surface area contributed by atoms with E-state index >= 15 is 0 Å². The summed E-state index contributed by atoms with van der Waals surface area (Å²) in [5.41, 5.74) is 0. The number of rotatable bonds is 17. The van der Waals surface area contributed by atoms with Crippen molar-refractivity contribution in [2.24, 2.45) is 0 Å². The molecule has 0 fully saturated rings. The van der Waals surface area contributed by atoms with Gasteiger partial charge in [-0.1, -0.05) is 84.0 Å². The minimum atomic E-state index is -3.89. The summed E-state index contributed by atoms with van der Waals surface area (Å²) >= 11 is 0. The van der Waals surface area contributed by atoms with E-state index in [2.05, 4.69) is 11.1 Å². The van der Waals surface area contributed by atoms with Crippen LogP contribution >= 0.6 is 0 Å². The minimum absolute atomic E-state index is 0. The molecule has 0 radical (unpaired) electrons. The van der Waals surface area contributed by atoms with Gasteiger partial charge in [0.1, 0.15) is 0 Å². The predicted octanol–water partition coefficient (Wildman–Crippen LogP) is 2.32. The van der Waals surface area contributed by atoms with Crippen molar-refractivity contribution >= 4 is 16.2 Å². The van der Waals surface area contributed by atoms with E-state index in [0.29, 0.717) is 0 Å². The van der Waals surface area contributed by atoms with E-state index in [1.54, 1.807) is 6.92 Å². The molecule has 0 aromatic carbocycles. The van der Waals surface area contributed by atoms with E-state index in [4.69, 9.17) is 0 Å². The fourth-order valence-electron chi connectivity index (χ4n) is 2.80. The fourth-order valence-corrected chi connectivity index (χ4v) is 3.60. The molecule has 0 bridgehead atoms. The topological polar surface area (TPSA) is 63.7 Å². The van der Waals surface area contributed by atoms with E-state index in [9.17, 15) is 13.2 Å². The molecule has 0 rings (SSSR count). The van der Waals surface area contributed by atoms with Crippen molar-refractivity contribution in [3.05, 3.63) is 0 Å². The molecule has 0 saturated carbocycles. The summed E-state index contributed by atoms with van der Waals surface area (Å²) in [6, 6.07) is 0. The molecule has 0 saturated heterocycles. The Balaban J connectivity index is -0.00000288. The molecule has 0 N–H and O–H groups in total. The van der Waals surface area contributed by atoms with Crippen molar-refractivity contribution in [1.82, 2.24) is 4.31 Å². The Bertz CT molecular complexity index is 435. The van der Waals surface area contributed by atoms with Gasteiger partial charge in [0.25, 0.3) is 0 Å². The maximum absolute atomic E-state index is 11.8. The molecule has 0 aliphatic rings. The van der Waals surface area contributed by atoms with Crippen molar-refractivity contribution in [1.29, 1.82) is 0 Å². The molecule has 0 aromatic heterocycles. The van der Waals surface area contributed by atoms with Gasteiger partial charge in [0, 0.05) is 13.5 Å². The van der Waals surface area contributed by atoms with E-state index in [1.165, 1.54) is 71.3 Å². The second kappa shape index (κ2) is 18.7. The van der Waals surface area contributed by atoms with E-state index in [0.717, 1.165) is 23.6 Å². The molecule has 0 atom stereocenters. The van der Waals surface area contributed by atoms with Crippen LogP contribution in [0.1, 0.15) is 105 Å². The summed E-state index contributed by atoms with van der Waals surface area (Å²) in [7, 11) is -2.63. The van der Waals surface area contributed by atoms with E-state index in [-0.39, 0.29) is 44.0 Å². The summed E-state index contributed by atoms with van der Waals surface area (Å²) in [6.45, 7) is 3.87. The van der Waals surface area contributed by atoms with Crippen molar-refractivity contribution in [3.8, 4) is 0 Å². The number of hydrogen-bond donors (Lipinski definition) is 0. The second-order valence-corrected chi connectivity index (χ2v) is 8.36. The van der Waals surface area contributed by atoms with Crippen LogP contribution in [0.3, 0.4) is 0 Å².